The minimum atomic E-state index is -0.268. The molecular formula is C14H10FN3. The third-order valence-corrected chi connectivity index (χ3v) is 3.11. The largest absolute Gasteiger partial charge is 0.325 e. The molecule has 1 aromatic heterocycles. The van der Waals surface area contributed by atoms with E-state index in [4.69, 9.17) is 5.26 Å². The molecule has 0 spiro atoms. The zero-order chi connectivity index (χ0) is 12.5. The first-order valence-corrected chi connectivity index (χ1v) is 5.70. The lowest BCUT2D eigenvalue weighted by molar-refractivity contribution is 0.628. The zero-order valence-electron chi connectivity index (χ0n) is 9.60. The van der Waals surface area contributed by atoms with Gasteiger partial charge in [-0.15, -0.1) is 0 Å². The van der Waals surface area contributed by atoms with Gasteiger partial charge in [0.05, 0.1) is 5.56 Å². The van der Waals surface area contributed by atoms with E-state index in [9.17, 15) is 4.39 Å². The van der Waals surface area contributed by atoms with Crippen molar-refractivity contribution in [2.75, 3.05) is 11.4 Å². The average molecular weight is 239 g/mol. The first-order valence-electron chi connectivity index (χ1n) is 5.70. The van der Waals surface area contributed by atoms with Crippen LogP contribution in [0.2, 0.25) is 0 Å². The maximum atomic E-state index is 13.3. The highest BCUT2D eigenvalue weighted by molar-refractivity contribution is 5.71. The Bertz CT molecular complexity index is 646. The summed E-state index contributed by atoms with van der Waals surface area (Å²) >= 11 is 0. The highest BCUT2D eigenvalue weighted by Crippen LogP contribution is 2.35. The van der Waals surface area contributed by atoms with Gasteiger partial charge in [0, 0.05) is 18.4 Å². The lowest BCUT2D eigenvalue weighted by Crippen LogP contribution is -2.16. The van der Waals surface area contributed by atoms with E-state index in [1.54, 1.807) is 24.4 Å². The maximum Gasteiger partial charge on any atom is 0.150 e. The molecule has 2 aromatic rings. The lowest BCUT2D eigenvalue weighted by atomic mass is 10.1. The Hall–Kier alpha value is -2.41. The lowest BCUT2D eigenvalue weighted by Gasteiger charge is -2.19. The van der Waals surface area contributed by atoms with E-state index in [-0.39, 0.29) is 5.82 Å². The predicted molar refractivity (Wildman–Crippen MR) is 66.1 cm³/mol. The van der Waals surface area contributed by atoms with Crippen molar-refractivity contribution < 1.29 is 4.39 Å². The number of nitriles is 1. The molecule has 3 rings (SSSR count). The Labute approximate surface area is 104 Å². The van der Waals surface area contributed by atoms with Crippen molar-refractivity contribution in [3.05, 3.63) is 53.5 Å². The number of hydrogen-bond acceptors (Lipinski definition) is 3. The van der Waals surface area contributed by atoms with Crippen molar-refractivity contribution in [2.24, 2.45) is 0 Å². The summed E-state index contributed by atoms with van der Waals surface area (Å²) in [6.07, 6.45) is 2.49. The first kappa shape index (κ1) is 10.7. The Morgan fingerprint density at radius 3 is 3.06 bits per heavy atom. The van der Waals surface area contributed by atoms with Crippen LogP contribution >= 0.6 is 0 Å². The van der Waals surface area contributed by atoms with Crippen LogP contribution in [-0.4, -0.2) is 11.5 Å². The SMILES string of the molecule is N#Cc1cccnc1N1CCc2ccc(F)cc21. The highest BCUT2D eigenvalue weighted by Gasteiger charge is 2.23. The molecule has 0 fully saturated rings. The second-order valence-corrected chi connectivity index (χ2v) is 4.16. The van der Waals surface area contributed by atoms with E-state index in [1.807, 2.05) is 4.90 Å². The molecule has 2 heterocycles. The second kappa shape index (κ2) is 4.11. The summed E-state index contributed by atoms with van der Waals surface area (Å²) in [4.78, 5) is 6.14. The quantitative estimate of drug-likeness (QED) is 0.768. The topological polar surface area (TPSA) is 39.9 Å². The Balaban J connectivity index is 2.12. The van der Waals surface area contributed by atoms with E-state index in [0.717, 1.165) is 24.2 Å². The van der Waals surface area contributed by atoms with E-state index in [1.165, 1.54) is 12.1 Å². The minimum absolute atomic E-state index is 0.268. The molecule has 0 unspecified atom stereocenters. The average Bonchev–Trinajstić information content (AvgIpc) is 2.81. The molecule has 3 nitrogen and oxygen atoms in total. The van der Waals surface area contributed by atoms with Crippen LogP contribution in [0.5, 0.6) is 0 Å². The molecule has 4 heteroatoms. The molecule has 18 heavy (non-hydrogen) atoms. The summed E-state index contributed by atoms with van der Waals surface area (Å²) < 4.78 is 13.3. The van der Waals surface area contributed by atoms with Gasteiger partial charge in [-0.2, -0.15) is 5.26 Å². The van der Waals surface area contributed by atoms with Gasteiger partial charge >= 0.3 is 0 Å². The molecule has 0 radical (unpaired) electrons. The Morgan fingerprint density at radius 1 is 1.33 bits per heavy atom. The van der Waals surface area contributed by atoms with Crippen molar-refractivity contribution in [1.29, 1.82) is 5.26 Å². The predicted octanol–water partition coefficient (Wildman–Crippen LogP) is 2.79. The monoisotopic (exact) mass is 239 g/mol. The van der Waals surface area contributed by atoms with Gasteiger partial charge in [0.25, 0.3) is 0 Å². The molecule has 1 aliphatic rings. The van der Waals surface area contributed by atoms with E-state index < -0.39 is 0 Å². The number of halogens is 1. The third-order valence-electron chi connectivity index (χ3n) is 3.11. The van der Waals surface area contributed by atoms with Crippen LogP contribution in [0.25, 0.3) is 0 Å². The molecule has 0 N–H and O–H groups in total. The fourth-order valence-corrected chi connectivity index (χ4v) is 2.27. The van der Waals surface area contributed by atoms with Gasteiger partial charge < -0.3 is 4.90 Å². The first-order chi connectivity index (χ1) is 8.79. The fourth-order valence-electron chi connectivity index (χ4n) is 2.27. The maximum absolute atomic E-state index is 13.3. The number of hydrogen-bond donors (Lipinski definition) is 0. The molecule has 88 valence electrons. The van der Waals surface area contributed by atoms with Crippen molar-refractivity contribution in [3.8, 4) is 6.07 Å². The number of fused-ring (bicyclic) bond motifs is 1. The number of benzene rings is 1. The summed E-state index contributed by atoms with van der Waals surface area (Å²) in [6.45, 7) is 0.727. The van der Waals surface area contributed by atoms with E-state index in [2.05, 4.69) is 11.1 Å². The molecule has 1 aliphatic heterocycles. The van der Waals surface area contributed by atoms with Crippen LogP contribution in [0.3, 0.4) is 0 Å². The summed E-state index contributed by atoms with van der Waals surface area (Å²) in [7, 11) is 0. The molecular weight excluding hydrogens is 229 g/mol. The van der Waals surface area contributed by atoms with Gasteiger partial charge in [-0.1, -0.05) is 6.07 Å². The normalized spacial score (nSPS) is 13.2. The zero-order valence-corrected chi connectivity index (χ0v) is 9.60. The van der Waals surface area contributed by atoms with Gasteiger partial charge in [0.2, 0.25) is 0 Å². The molecule has 0 aliphatic carbocycles. The van der Waals surface area contributed by atoms with Crippen LogP contribution < -0.4 is 4.90 Å². The van der Waals surface area contributed by atoms with E-state index >= 15 is 0 Å². The number of pyridine rings is 1. The molecule has 0 atom stereocenters. The van der Waals surface area contributed by atoms with Crippen LogP contribution in [0.15, 0.2) is 36.5 Å². The van der Waals surface area contributed by atoms with Gasteiger partial charge in [-0.25, -0.2) is 9.37 Å². The van der Waals surface area contributed by atoms with Crippen molar-refractivity contribution >= 4 is 11.5 Å². The summed E-state index contributed by atoms with van der Waals surface area (Å²) in [5.41, 5.74) is 2.41. The minimum Gasteiger partial charge on any atom is -0.325 e. The number of anilines is 2. The van der Waals surface area contributed by atoms with Gasteiger partial charge in [0.15, 0.2) is 5.82 Å². The smallest absolute Gasteiger partial charge is 0.150 e. The molecule has 0 saturated heterocycles. The molecule has 1 aromatic carbocycles. The summed E-state index contributed by atoms with van der Waals surface area (Å²) in [5.74, 6) is 0.333. The molecule has 0 bridgehead atoms. The molecule has 0 amide bonds. The second-order valence-electron chi connectivity index (χ2n) is 4.16. The van der Waals surface area contributed by atoms with Crippen molar-refractivity contribution in [3.63, 3.8) is 0 Å². The van der Waals surface area contributed by atoms with Gasteiger partial charge in [-0.3, -0.25) is 0 Å². The number of nitrogens with zero attached hydrogens (tertiary/aromatic N) is 3. The molecule has 0 saturated carbocycles. The highest BCUT2D eigenvalue weighted by atomic mass is 19.1. The standard InChI is InChI=1S/C14H10FN3/c15-12-4-3-10-5-7-18(13(10)8-12)14-11(9-16)2-1-6-17-14/h1-4,6,8H,5,7H2. The van der Waals surface area contributed by atoms with Crippen molar-refractivity contribution in [1.82, 2.24) is 4.98 Å². The van der Waals surface area contributed by atoms with E-state index in [0.29, 0.717) is 11.4 Å². The van der Waals surface area contributed by atoms with Crippen molar-refractivity contribution in [2.45, 2.75) is 6.42 Å². The Morgan fingerprint density at radius 2 is 2.22 bits per heavy atom. The van der Waals surface area contributed by atoms with Crippen LogP contribution in [0.1, 0.15) is 11.1 Å². The van der Waals surface area contributed by atoms with Crippen LogP contribution in [0, 0.1) is 17.1 Å². The van der Waals surface area contributed by atoms with Gasteiger partial charge in [0.1, 0.15) is 11.9 Å². The number of aromatic nitrogens is 1. The van der Waals surface area contributed by atoms with Crippen LogP contribution in [-0.2, 0) is 6.42 Å². The Kier molecular flexibility index (Phi) is 2.45. The summed E-state index contributed by atoms with van der Waals surface area (Å²) in [5, 5.41) is 9.09. The summed E-state index contributed by atoms with van der Waals surface area (Å²) in [6, 6.07) is 10.3. The van der Waals surface area contributed by atoms with Crippen LogP contribution in [0.4, 0.5) is 15.9 Å². The van der Waals surface area contributed by atoms with Gasteiger partial charge in [-0.05, 0) is 36.2 Å². The fraction of sp³-hybridized carbons (Fsp3) is 0.143. The third kappa shape index (κ3) is 1.61. The number of rotatable bonds is 1.